The van der Waals surface area contributed by atoms with Crippen LogP contribution in [0.25, 0.3) is 0 Å². The van der Waals surface area contributed by atoms with E-state index < -0.39 is 52.8 Å². The lowest BCUT2D eigenvalue weighted by Gasteiger charge is -2.35. The number of hydrogen-bond donors (Lipinski definition) is 0. The summed E-state index contributed by atoms with van der Waals surface area (Å²) in [5.41, 5.74) is 0.762. The van der Waals surface area contributed by atoms with Crippen LogP contribution < -0.4 is 9.47 Å². The summed E-state index contributed by atoms with van der Waals surface area (Å²) in [6, 6.07) is 25.8. The first kappa shape index (κ1) is 30.0. The average molecular weight is 597 g/mol. The number of nitrogens with zero attached hydrogens (tertiary/aromatic N) is 2. The zero-order chi connectivity index (χ0) is 29.7. The molecule has 2 heterocycles. The highest BCUT2D eigenvalue weighted by molar-refractivity contribution is 7.86. The van der Waals surface area contributed by atoms with Gasteiger partial charge in [-0.2, -0.15) is 17.0 Å². The molecule has 5 rings (SSSR count). The molecule has 3 aromatic carbocycles. The van der Waals surface area contributed by atoms with Gasteiger partial charge in [-0.25, -0.2) is 0 Å². The molecule has 0 amide bonds. The fraction of sp³-hybridized carbons (Fsp3) is 0.387. The van der Waals surface area contributed by atoms with Crippen molar-refractivity contribution < 1.29 is 36.9 Å². The molecule has 0 N–H and O–H groups in total. The molecule has 2 aliphatic rings. The van der Waals surface area contributed by atoms with Gasteiger partial charge in [0.2, 0.25) is 0 Å². The highest BCUT2D eigenvalue weighted by Crippen LogP contribution is 2.40. The van der Waals surface area contributed by atoms with Crippen LogP contribution in [0.5, 0.6) is 11.5 Å². The van der Waals surface area contributed by atoms with Crippen molar-refractivity contribution in [2.24, 2.45) is 0 Å². The van der Waals surface area contributed by atoms with E-state index in [-0.39, 0.29) is 19.8 Å². The number of carbonyl (C=O) groups is 1. The number of methoxy groups -OCH3 is 1. The molecule has 42 heavy (non-hydrogen) atoms. The van der Waals surface area contributed by atoms with Gasteiger partial charge in [-0.05, 0) is 43.7 Å². The van der Waals surface area contributed by atoms with E-state index in [9.17, 15) is 13.2 Å². The van der Waals surface area contributed by atoms with E-state index in [1.807, 2.05) is 66.7 Å². The fourth-order valence-corrected chi connectivity index (χ4v) is 7.22. The second kappa shape index (κ2) is 12.8. The Labute approximate surface area is 246 Å². The minimum Gasteiger partial charge on any atom is -0.492 e. The number of para-hydroxylation sites is 2. The lowest BCUT2D eigenvalue weighted by molar-refractivity contribution is -0.157. The van der Waals surface area contributed by atoms with Crippen LogP contribution >= 0.6 is 0 Å². The van der Waals surface area contributed by atoms with E-state index in [1.165, 1.54) is 11.4 Å². The molecule has 0 unspecified atom stereocenters. The van der Waals surface area contributed by atoms with E-state index in [0.717, 1.165) is 9.87 Å². The quantitative estimate of drug-likeness (QED) is 0.327. The van der Waals surface area contributed by atoms with Crippen molar-refractivity contribution >= 4 is 16.2 Å². The third-order valence-electron chi connectivity index (χ3n) is 7.28. The lowest BCUT2D eigenvalue weighted by atomic mass is 9.99. The first-order chi connectivity index (χ1) is 20.2. The van der Waals surface area contributed by atoms with Gasteiger partial charge < -0.3 is 23.7 Å². The number of ether oxygens (including phenoxy) is 5. The predicted molar refractivity (Wildman–Crippen MR) is 155 cm³/mol. The average Bonchev–Trinajstić information content (AvgIpc) is 3.29. The Bertz CT molecular complexity index is 1420. The first-order valence-corrected chi connectivity index (χ1v) is 15.2. The minimum atomic E-state index is -4.34. The van der Waals surface area contributed by atoms with Crippen molar-refractivity contribution in [1.29, 1.82) is 0 Å². The summed E-state index contributed by atoms with van der Waals surface area (Å²) in [7, 11) is -3.12. The molecule has 11 heteroatoms. The standard InChI is InChI=1S/C31H36N2O8S/c1-31(2)40-29-26(21-38-24-15-9-5-10-16-24)32(19-23-13-7-4-8-14-23)42(35,36)33(20-28(34)37-3)27(30(29)41-31)22-39-25-17-11-6-12-18-25/h4-18,26-27,29-30H,19-22H2,1-3H3/t26-,27-,29+,30+/m1/s1. The third kappa shape index (κ3) is 6.77. The van der Waals surface area contributed by atoms with Gasteiger partial charge in [-0.3, -0.25) is 4.79 Å². The van der Waals surface area contributed by atoms with Crippen molar-refractivity contribution in [2.45, 2.75) is 50.5 Å². The number of carbonyl (C=O) groups excluding carboxylic acids is 1. The van der Waals surface area contributed by atoms with Gasteiger partial charge in [-0.1, -0.05) is 66.7 Å². The lowest BCUT2D eigenvalue weighted by Crippen LogP contribution is -2.55. The van der Waals surface area contributed by atoms with Crippen molar-refractivity contribution in [3.8, 4) is 11.5 Å². The van der Waals surface area contributed by atoms with Gasteiger partial charge in [0.1, 0.15) is 43.5 Å². The summed E-state index contributed by atoms with van der Waals surface area (Å²) in [4.78, 5) is 12.7. The Hall–Kier alpha value is -3.48. The Balaban J connectivity index is 1.60. The molecular weight excluding hydrogens is 560 g/mol. The minimum absolute atomic E-state index is 0.0168. The first-order valence-electron chi connectivity index (χ1n) is 13.8. The van der Waals surface area contributed by atoms with Crippen molar-refractivity contribution in [3.05, 3.63) is 96.6 Å². The molecule has 0 bridgehead atoms. The largest absolute Gasteiger partial charge is 0.492 e. The molecule has 0 aliphatic carbocycles. The van der Waals surface area contributed by atoms with E-state index in [4.69, 9.17) is 23.7 Å². The van der Waals surface area contributed by atoms with E-state index >= 15 is 0 Å². The maximum absolute atomic E-state index is 14.6. The molecule has 2 saturated heterocycles. The summed E-state index contributed by atoms with van der Waals surface area (Å²) in [5, 5.41) is 0. The number of fused-ring (bicyclic) bond motifs is 1. The maximum atomic E-state index is 14.6. The van der Waals surface area contributed by atoms with E-state index in [1.54, 1.807) is 38.1 Å². The summed E-state index contributed by atoms with van der Waals surface area (Å²) in [5.74, 6) is -0.612. The van der Waals surface area contributed by atoms with Gasteiger partial charge in [-0.15, -0.1) is 0 Å². The fourth-order valence-electron chi connectivity index (χ4n) is 5.32. The van der Waals surface area contributed by atoms with Crippen LogP contribution in [0.1, 0.15) is 19.4 Å². The van der Waals surface area contributed by atoms with Gasteiger partial charge in [0.05, 0.1) is 19.2 Å². The Morgan fingerprint density at radius 2 is 1.21 bits per heavy atom. The summed E-state index contributed by atoms with van der Waals surface area (Å²) >= 11 is 0. The molecule has 0 saturated carbocycles. The molecule has 4 atom stereocenters. The monoisotopic (exact) mass is 596 g/mol. The molecule has 0 aromatic heterocycles. The molecule has 0 spiro atoms. The van der Waals surface area contributed by atoms with Crippen LogP contribution in [0.15, 0.2) is 91.0 Å². The normalized spacial score (nSPS) is 25.2. The second-order valence-electron chi connectivity index (χ2n) is 10.6. The van der Waals surface area contributed by atoms with Gasteiger partial charge >= 0.3 is 5.97 Å². The van der Waals surface area contributed by atoms with Gasteiger partial charge in [0.25, 0.3) is 10.2 Å². The molecule has 2 fully saturated rings. The topological polar surface area (TPSA) is 104 Å². The van der Waals surface area contributed by atoms with Crippen LogP contribution in [0, 0.1) is 0 Å². The van der Waals surface area contributed by atoms with Crippen LogP contribution in [-0.4, -0.2) is 79.9 Å². The van der Waals surface area contributed by atoms with Crippen LogP contribution in [0.3, 0.4) is 0 Å². The smallest absolute Gasteiger partial charge is 0.321 e. The van der Waals surface area contributed by atoms with Crippen molar-refractivity contribution in [1.82, 2.24) is 8.61 Å². The third-order valence-corrected chi connectivity index (χ3v) is 9.26. The summed E-state index contributed by atoms with van der Waals surface area (Å²) in [6.07, 6.45) is -1.55. The Kier molecular flexibility index (Phi) is 9.14. The summed E-state index contributed by atoms with van der Waals surface area (Å²) in [6.45, 7) is 2.94. The number of benzene rings is 3. The molecular formula is C31H36N2O8S. The van der Waals surface area contributed by atoms with E-state index in [2.05, 4.69) is 0 Å². The zero-order valence-corrected chi connectivity index (χ0v) is 24.7. The predicted octanol–water partition coefficient (Wildman–Crippen LogP) is 3.64. The Morgan fingerprint density at radius 1 is 0.762 bits per heavy atom. The van der Waals surface area contributed by atoms with Crippen LogP contribution in [0.4, 0.5) is 0 Å². The number of esters is 1. The maximum Gasteiger partial charge on any atom is 0.321 e. The van der Waals surface area contributed by atoms with Crippen LogP contribution in [0.2, 0.25) is 0 Å². The molecule has 224 valence electrons. The molecule has 0 radical (unpaired) electrons. The van der Waals surface area contributed by atoms with E-state index in [0.29, 0.717) is 11.5 Å². The number of rotatable bonds is 10. The highest BCUT2D eigenvalue weighted by Gasteiger charge is 2.59. The number of hydrogen-bond acceptors (Lipinski definition) is 8. The van der Waals surface area contributed by atoms with Crippen molar-refractivity contribution in [2.75, 3.05) is 26.9 Å². The van der Waals surface area contributed by atoms with Gasteiger partial charge in [0, 0.05) is 6.54 Å². The molecule has 3 aromatic rings. The van der Waals surface area contributed by atoms with Crippen molar-refractivity contribution in [3.63, 3.8) is 0 Å². The highest BCUT2D eigenvalue weighted by atomic mass is 32.2. The van der Waals surface area contributed by atoms with Crippen LogP contribution in [-0.2, 0) is 35.8 Å². The SMILES string of the molecule is COC(=O)CN1[C@H](COc2ccccc2)[C@@H]2OC(C)(C)O[C@H]2[C@@H](COc2ccccc2)N(Cc2ccccc2)S1(=O)=O. The second-order valence-corrected chi connectivity index (χ2v) is 12.4. The molecule has 2 aliphatic heterocycles. The Morgan fingerprint density at radius 3 is 1.69 bits per heavy atom. The zero-order valence-electron chi connectivity index (χ0n) is 23.9. The van der Waals surface area contributed by atoms with Gasteiger partial charge in [0.15, 0.2) is 5.79 Å². The molecule has 10 nitrogen and oxygen atoms in total. The summed E-state index contributed by atoms with van der Waals surface area (Å²) < 4.78 is 61.8.